The van der Waals surface area contributed by atoms with Gasteiger partial charge in [0.25, 0.3) is 0 Å². The lowest BCUT2D eigenvalue weighted by Gasteiger charge is -2.10. The number of pyridine rings is 2. The van der Waals surface area contributed by atoms with Crippen molar-refractivity contribution in [3.05, 3.63) is 60.2 Å². The smallest absolute Gasteiger partial charge is 0.200 e. The number of nitrogens with zero attached hydrogens (tertiary/aromatic N) is 8. The molecule has 1 aliphatic rings. The van der Waals surface area contributed by atoms with Gasteiger partial charge in [0.05, 0.1) is 42.2 Å². The van der Waals surface area contributed by atoms with Gasteiger partial charge in [0.15, 0.2) is 5.82 Å². The predicted octanol–water partition coefficient (Wildman–Crippen LogP) is 3.53. The number of anilines is 1. The van der Waals surface area contributed by atoms with Crippen LogP contribution in [0.3, 0.4) is 0 Å². The Morgan fingerprint density at radius 2 is 2.10 bits per heavy atom. The molecular weight excluding hydrogens is 397 g/mol. The number of nitrogens with one attached hydrogen (secondary N) is 1. The maximum atomic E-state index is 14.4. The van der Waals surface area contributed by atoms with Crippen LogP contribution >= 0.6 is 0 Å². The van der Waals surface area contributed by atoms with Gasteiger partial charge < -0.3 is 9.88 Å². The molecule has 0 aliphatic heterocycles. The summed E-state index contributed by atoms with van der Waals surface area (Å²) < 4.78 is 17.8. The third kappa shape index (κ3) is 4.00. The van der Waals surface area contributed by atoms with Crippen molar-refractivity contribution >= 4 is 5.82 Å². The summed E-state index contributed by atoms with van der Waals surface area (Å²) in [5.41, 5.74) is 2.81. The molecule has 0 unspecified atom stereocenters. The van der Waals surface area contributed by atoms with E-state index in [1.807, 2.05) is 38.2 Å². The number of hydrogen-bond acceptors (Lipinski definition) is 7. The quantitative estimate of drug-likeness (QED) is 0.489. The SMILES string of the molecule is CC(C)n1nnnc1-c1cccc(NCc2cc(-n3cnc(C4CC4)c3)c(F)cn2)n1. The highest BCUT2D eigenvalue weighted by Crippen LogP contribution is 2.39. The largest absolute Gasteiger partial charge is 0.364 e. The Labute approximate surface area is 178 Å². The molecule has 4 heterocycles. The van der Waals surface area contributed by atoms with Gasteiger partial charge in [0, 0.05) is 12.1 Å². The summed E-state index contributed by atoms with van der Waals surface area (Å²) in [6.07, 6.45) is 7.11. The molecule has 158 valence electrons. The third-order valence-corrected chi connectivity index (χ3v) is 5.18. The van der Waals surface area contributed by atoms with Crippen LogP contribution in [-0.2, 0) is 6.54 Å². The second-order valence-corrected chi connectivity index (χ2v) is 7.91. The first kappa shape index (κ1) is 19.3. The van der Waals surface area contributed by atoms with Gasteiger partial charge in [0.2, 0.25) is 5.82 Å². The second-order valence-electron chi connectivity index (χ2n) is 7.91. The Morgan fingerprint density at radius 3 is 2.90 bits per heavy atom. The van der Waals surface area contributed by atoms with Crippen LogP contribution in [0, 0.1) is 5.82 Å². The molecule has 10 heteroatoms. The van der Waals surface area contributed by atoms with Crippen molar-refractivity contribution in [2.24, 2.45) is 0 Å². The van der Waals surface area contributed by atoms with Crippen LogP contribution in [0.25, 0.3) is 17.2 Å². The van der Waals surface area contributed by atoms with Crippen LogP contribution in [-0.4, -0.2) is 39.7 Å². The molecule has 1 fully saturated rings. The Bertz CT molecular complexity index is 1210. The van der Waals surface area contributed by atoms with E-state index in [4.69, 9.17) is 0 Å². The van der Waals surface area contributed by atoms with Crippen molar-refractivity contribution in [3.8, 4) is 17.2 Å². The molecule has 0 bridgehead atoms. The maximum absolute atomic E-state index is 14.4. The molecule has 0 amide bonds. The van der Waals surface area contributed by atoms with Crippen LogP contribution < -0.4 is 5.32 Å². The first-order chi connectivity index (χ1) is 15.1. The zero-order chi connectivity index (χ0) is 21.4. The van der Waals surface area contributed by atoms with Gasteiger partial charge in [0.1, 0.15) is 11.5 Å². The van der Waals surface area contributed by atoms with Gasteiger partial charge >= 0.3 is 0 Å². The molecule has 4 aromatic heterocycles. The molecule has 9 nitrogen and oxygen atoms in total. The highest BCUT2D eigenvalue weighted by molar-refractivity contribution is 5.53. The lowest BCUT2D eigenvalue weighted by atomic mass is 10.2. The minimum Gasteiger partial charge on any atom is -0.364 e. The van der Waals surface area contributed by atoms with E-state index in [0.29, 0.717) is 41.2 Å². The number of aromatic nitrogens is 8. The van der Waals surface area contributed by atoms with Gasteiger partial charge in [-0.3, -0.25) is 4.98 Å². The number of rotatable bonds is 7. The van der Waals surface area contributed by atoms with E-state index in [1.165, 1.54) is 6.20 Å². The van der Waals surface area contributed by atoms with Gasteiger partial charge in [-0.25, -0.2) is 19.0 Å². The third-order valence-electron chi connectivity index (χ3n) is 5.18. The molecule has 0 atom stereocenters. The van der Waals surface area contributed by atoms with Crippen molar-refractivity contribution in [1.82, 2.24) is 39.7 Å². The average Bonchev–Trinajstić information content (AvgIpc) is 3.30. The Balaban J connectivity index is 1.34. The van der Waals surface area contributed by atoms with Crippen LogP contribution in [0.4, 0.5) is 10.2 Å². The Kier molecular flexibility index (Phi) is 4.89. The van der Waals surface area contributed by atoms with Gasteiger partial charge in [-0.1, -0.05) is 6.07 Å². The van der Waals surface area contributed by atoms with Crippen molar-refractivity contribution in [1.29, 1.82) is 0 Å². The fourth-order valence-electron chi connectivity index (χ4n) is 3.37. The van der Waals surface area contributed by atoms with Crippen LogP contribution in [0.5, 0.6) is 0 Å². The molecule has 4 aromatic rings. The number of hydrogen-bond donors (Lipinski definition) is 1. The van der Waals surface area contributed by atoms with E-state index in [9.17, 15) is 4.39 Å². The summed E-state index contributed by atoms with van der Waals surface area (Å²) in [5.74, 6) is 1.39. The van der Waals surface area contributed by atoms with E-state index in [2.05, 4.69) is 35.8 Å². The molecule has 1 aliphatic carbocycles. The van der Waals surface area contributed by atoms with Crippen molar-refractivity contribution in [3.63, 3.8) is 0 Å². The summed E-state index contributed by atoms with van der Waals surface area (Å²) in [5, 5.41) is 15.1. The Hall–Kier alpha value is -3.69. The van der Waals surface area contributed by atoms with E-state index in [-0.39, 0.29) is 11.9 Å². The highest BCUT2D eigenvalue weighted by Gasteiger charge is 2.26. The normalized spacial score (nSPS) is 13.7. The standard InChI is InChI=1S/C21H22FN9/c1-13(2)31-21(27-28-29-31)17-4-3-5-20(26-17)24-9-15-8-19(16(22)10-23-15)30-11-18(25-12-30)14-6-7-14/h3-5,8,10-14H,6-7,9H2,1-2H3,(H,24,26). The average molecular weight is 419 g/mol. The van der Waals surface area contributed by atoms with Crippen LogP contribution in [0.15, 0.2) is 43.0 Å². The summed E-state index contributed by atoms with van der Waals surface area (Å²) in [6, 6.07) is 7.45. The zero-order valence-corrected chi connectivity index (χ0v) is 17.3. The zero-order valence-electron chi connectivity index (χ0n) is 17.3. The lowest BCUT2D eigenvalue weighted by molar-refractivity contribution is 0.518. The minimum absolute atomic E-state index is 0.119. The van der Waals surface area contributed by atoms with Gasteiger partial charge in [-0.15, -0.1) is 5.10 Å². The molecule has 0 aromatic carbocycles. The first-order valence-electron chi connectivity index (χ1n) is 10.3. The van der Waals surface area contributed by atoms with E-state index in [1.54, 1.807) is 21.6 Å². The summed E-state index contributed by atoms with van der Waals surface area (Å²) in [4.78, 5) is 13.2. The van der Waals surface area contributed by atoms with Crippen LogP contribution in [0.2, 0.25) is 0 Å². The fourth-order valence-corrected chi connectivity index (χ4v) is 3.37. The van der Waals surface area contributed by atoms with Gasteiger partial charge in [-0.2, -0.15) is 0 Å². The fraction of sp³-hybridized carbons (Fsp3) is 0.333. The van der Waals surface area contributed by atoms with Crippen molar-refractivity contribution in [2.75, 3.05) is 5.32 Å². The Morgan fingerprint density at radius 1 is 1.23 bits per heavy atom. The van der Waals surface area contributed by atoms with E-state index < -0.39 is 0 Å². The molecule has 31 heavy (non-hydrogen) atoms. The van der Waals surface area contributed by atoms with Crippen LogP contribution in [0.1, 0.15) is 50.0 Å². The number of imidazole rings is 1. The molecule has 1 N–H and O–H groups in total. The molecule has 1 saturated carbocycles. The van der Waals surface area contributed by atoms with E-state index >= 15 is 0 Å². The second kappa shape index (κ2) is 7.86. The topological polar surface area (TPSA) is 99.2 Å². The highest BCUT2D eigenvalue weighted by atomic mass is 19.1. The molecule has 0 saturated heterocycles. The number of halogens is 1. The predicted molar refractivity (Wildman–Crippen MR) is 112 cm³/mol. The molecular formula is C21H22FN9. The lowest BCUT2D eigenvalue weighted by Crippen LogP contribution is -2.08. The van der Waals surface area contributed by atoms with E-state index in [0.717, 1.165) is 18.5 Å². The number of tetrazole rings is 1. The molecule has 0 radical (unpaired) electrons. The van der Waals surface area contributed by atoms with Crippen molar-refractivity contribution in [2.45, 2.75) is 45.2 Å². The first-order valence-corrected chi connectivity index (χ1v) is 10.3. The minimum atomic E-state index is -0.385. The van der Waals surface area contributed by atoms with Crippen molar-refractivity contribution < 1.29 is 4.39 Å². The maximum Gasteiger partial charge on any atom is 0.200 e. The van der Waals surface area contributed by atoms with Gasteiger partial charge in [-0.05, 0) is 55.3 Å². The monoisotopic (exact) mass is 419 g/mol. The molecule has 5 rings (SSSR count). The summed E-state index contributed by atoms with van der Waals surface area (Å²) in [6.45, 7) is 4.41. The summed E-state index contributed by atoms with van der Waals surface area (Å²) in [7, 11) is 0. The molecule has 0 spiro atoms. The summed E-state index contributed by atoms with van der Waals surface area (Å²) >= 11 is 0.